The molecule has 0 aliphatic heterocycles. The number of thiophene rings is 1. The summed E-state index contributed by atoms with van der Waals surface area (Å²) in [7, 11) is -3.67. The summed E-state index contributed by atoms with van der Waals surface area (Å²) in [6, 6.07) is 1.48. The zero-order chi connectivity index (χ0) is 13.6. The van der Waals surface area contributed by atoms with Crippen LogP contribution in [-0.4, -0.2) is 26.0 Å². The van der Waals surface area contributed by atoms with E-state index in [1.165, 1.54) is 6.07 Å². The standard InChI is InChI=1S/C10H12ClNO4S2/c1-6-4-7(17-8(6)11)18(15,16)12-5-10(2-3-10)9(13)14/h4,12H,2-3,5H2,1H3,(H,13,14). The normalized spacial score (nSPS) is 17.7. The van der Waals surface area contributed by atoms with Crippen molar-refractivity contribution in [3.8, 4) is 0 Å². The lowest BCUT2D eigenvalue weighted by atomic mass is 10.1. The average Bonchev–Trinajstić information content (AvgIpc) is 2.99. The topological polar surface area (TPSA) is 83.5 Å². The molecular formula is C10H12ClNO4S2. The lowest BCUT2D eigenvalue weighted by Gasteiger charge is -2.10. The van der Waals surface area contributed by atoms with Gasteiger partial charge in [-0.2, -0.15) is 0 Å². The second-order valence-electron chi connectivity index (χ2n) is 4.43. The number of nitrogens with one attached hydrogen (secondary N) is 1. The molecule has 1 saturated carbocycles. The fraction of sp³-hybridized carbons (Fsp3) is 0.500. The zero-order valence-electron chi connectivity index (χ0n) is 9.57. The number of carboxylic acid groups (broad SMARTS) is 1. The minimum absolute atomic E-state index is 0.0702. The lowest BCUT2D eigenvalue weighted by Crippen LogP contribution is -2.33. The summed E-state index contributed by atoms with van der Waals surface area (Å²) in [5.41, 5.74) is -0.218. The van der Waals surface area contributed by atoms with Gasteiger partial charge in [-0.3, -0.25) is 4.79 Å². The fourth-order valence-corrected chi connectivity index (χ4v) is 4.37. The molecule has 1 aromatic rings. The first-order valence-electron chi connectivity index (χ1n) is 5.26. The maximum Gasteiger partial charge on any atom is 0.310 e. The summed E-state index contributed by atoms with van der Waals surface area (Å²) in [6.07, 6.45) is 1.02. The number of aryl methyl sites for hydroxylation is 1. The van der Waals surface area contributed by atoms with E-state index in [4.69, 9.17) is 16.7 Å². The van der Waals surface area contributed by atoms with Gasteiger partial charge in [-0.25, -0.2) is 13.1 Å². The number of carboxylic acids is 1. The third-order valence-corrected chi connectivity index (χ3v) is 6.44. The average molecular weight is 310 g/mol. The van der Waals surface area contributed by atoms with E-state index in [-0.39, 0.29) is 10.8 Å². The summed E-state index contributed by atoms with van der Waals surface area (Å²) < 4.78 is 26.8. The Hall–Kier alpha value is -0.630. The fourth-order valence-electron chi connectivity index (χ4n) is 1.49. The Bertz CT molecular complexity index is 570. The summed E-state index contributed by atoms with van der Waals surface area (Å²) in [6.45, 7) is 1.65. The molecule has 1 aliphatic carbocycles. The van der Waals surface area contributed by atoms with Crippen molar-refractivity contribution >= 4 is 38.9 Å². The van der Waals surface area contributed by atoms with Gasteiger partial charge in [0.05, 0.1) is 9.75 Å². The van der Waals surface area contributed by atoms with Crippen LogP contribution in [0, 0.1) is 12.3 Å². The Labute approximate surface area is 114 Å². The van der Waals surface area contributed by atoms with Gasteiger partial charge in [-0.1, -0.05) is 11.6 Å². The Morgan fingerprint density at radius 1 is 1.61 bits per heavy atom. The zero-order valence-corrected chi connectivity index (χ0v) is 12.0. The summed E-state index contributed by atoms with van der Waals surface area (Å²) in [4.78, 5) is 10.9. The van der Waals surface area contributed by atoms with Crippen LogP contribution in [0.2, 0.25) is 4.34 Å². The van der Waals surface area contributed by atoms with E-state index >= 15 is 0 Å². The van der Waals surface area contributed by atoms with Crippen molar-refractivity contribution in [3.05, 3.63) is 16.0 Å². The quantitative estimate of drug-likeness (QED) is 0.869. The van der Waals surface area contributed by atoms with E-state index in [0.29, 0.717) is 22.7 Å². The molecule has 18 heavy (non-hydrogen) atoms. The first-order chi connectivity index (χ1) is 8.27. The van der Waals surface area contributed by atoms with Crippen LogP contribution in [0.1, 0.15) is 18.4 Å². The molecular weight excluding hydrogens is 298 g/mol. The number of hydrogen-bond acceptors (Lipinski definition) is 4. The predicted octanol–water partition coefficient (Wildman–Crippen LogP) is 1.85. The van der Waals surface area contributed by atoms with E-state index < -0.39 is 21.4 Å². The van der Waals surface area contributed by atoms with Crippen LogP contribution in [0.3, 0.4) is 0 Å². The summed E-state index contributed by atoms with van der Waals surface area (Å²) in [5.74, 6) is -0.953. The van der Waals surface area contributed by atoms with Gasteiger partial charge in [0.25, 0.3) is 0 Å². The first-order valence-corrected chi connectivity index (χ1v) is 7.94. The third-order valence-electron chi connectivity index (χ3n) is 3.01. The highest BCUT2D eigenvalue weighted by atomic mass is 35.5. The van der Waals surface area contributed by atoms with Crippen molar-refractivity contribution in [2.45, 2.75) is 24.0 Å². The second-order valence-corrected chi connectivity index (χ2v) is 8.08. The van der Waals surface area contributed by atoms with Gasteiger partial charge in [0.1, 0.15) is 4.21 Å². The number of sulfonamides is 1. The summed E-state index contributed by atoms with van der Waals surface area (Å²) in [5, 5.41) is 8.97. The van der Waals surface area contributed by atoms with Crippen LogP contribution < -0.4 is 4.72 Å². The van der Waals surface area contributed by atoms with Crippen molar-refractivity contribution in [3.63, 3.8) is 0 Å². The highest BCUT2D eigenvalue weighted by Crippen LogP contribution is 2.45. The van der Waals surface area contributed by atoms with Crippen molar-refractivity contribution in [1.82, 2.24) is 4.72 Å². The monoisotopic (exact) mass is 309 g/mol. The Balaban J connectivity index is 2.11. The number of halogens is 1. The van der Waals surface area contributed by atoms with Gasteiger partial charge >= 0.3 is 5.97 Å². The maximum absolute atomic E-state index is 11.9. The van der Waals surface area contributed by atoms with E-state index in [0.717, 1.165) is 11.3 Å². The highest BCUT2D eigenvalue weighted by molar-refractivity contribution is 7.91. The van der Waals surface area contributed by atoms with Crippen molar-refractivity contribution in [2.24, 2.45) is 5.41 Å². The summed E-state index contributed by atoms with van der Waals surface area (Å²) >= 11 is 6.79. The Kier molecular flexibility index (Phi) is 3.44. The number of rotatable bonds is 5. The predicted molar refractivity (Wildman–Crippen MR) is 68.6 cm³/mol. The Morgan fingerprint density at radius 3 is 2.61 bits per heavy atom. The molecule has 0 amide bonds. The van der Waals surface area contributed by atoms with Gasteiger partial charge < -0.3 is 5.11 Å². The van der Waals surface area contributed by atoms with Crippen LogP contribution in [0.4, 0.5) is 0 Å². The smallest absolute Gasteiger partial charge is 0.310 e. The van der Waals surface area contributed by atoms with Gasteiger partial charge in [-0.05, 0) is 31.4 Å². The Morgan fingerprint density at radius 2 is 2.22 bits per heavy atom. The molecule has 0 unspecified atom stereocenters. The van der Waals surface area contributed by atoms with Gasteiger partial charge in [-0.15, -0.1) is 11.3 Å². The molecule has 2 N–H and O–H groups in total. The van der Waals surface area contributed by atoms with Gasteiger partial charge in [0.15, 0.2) is 0 Å². The second kappa shape index (κ2) is 4.48. The minimum atomic E-state index is -3.67. The molecule has 0 spiro atoms. The molecule has 8 heteroatoms. The van der Waals surface area contributed by atoms with Crippen molar-refractivity contribution < 1.29 is 18.3 Å². The van der Waals surface area contributed by atoms with E-state index in [2.05, 4.69) is 4.72 Å². The molecule has 0 saturated heterocycles. The molecule has 5 nitrogen and oxygen atoms in total. The highest BCUT2D eigenvalue weighted by Gasteiger charge is 2.50. The molecule has 100 valence electrons. The molecule has 1 heterocycles. The molecule has 2 rings (SSSR count). The van der Waals surface area contributed by atoms with Crippen LogP contribution >= 0.6 is 22.9 Å². The van der Waals surface area contributed by atoms with Gasteiger partial charge in [0, 0.05) is 6.54 Å². The minimum Gasteiger partial charge on any atom is -0.481 e. The lowest BCUT2D eigenvalue weighted by molar-refractivity contribution is -0.143. The SMILES string of the molecule is Cc1cc(S(=O)(=O)NCC2(C(=O)O)CC2)sc1Cl. The molecule has 1 aliphatic rings. The van der Waals surface area contributed by atoms with Crippen LogP contribution in [0.15, 0.2) is 10.3 Å². The number of hydrogen-bond donors (Lipinski definition) is 2. The van der Waals surface area contributed by atoms with E-state index in [1.807, 2.05) is 0 Å². The molecule has 1 aromatic heterocycles. The molecule has 0 bridgehead atoms. The maximum atomic E-state index is 11.9. The molecule has 0 atom stereocenters. The third kappa shape index (κ3) is 2.54. The molecule has 0 radical (unpaired) electrons. The number of carbonyl (C=O) groups is 1. The molecule has 1 fully saturated rings. The van der Waals surface area contributed by atoms with E-state index in [1.54, 1.807) is 6.92 Å². The number of aliphatic carboxylic acids is 1. The van der Waals surface area contributed by atoms with Crippen molar-refractivity contribution in [2.75, 3.05) is 6.54 Å². The van der Waals surface area contributed by atoms with Crippen molar-refractivity contribution in [1.29, 1.82) is 0 Å². The molecule has 0 aromatic carbocycles. The first kappa shape index (κ1) is 13.8. The van der Waals surface area contributed by atoms with Crippen LogP contribution in [0.25, 0.3) is 0 Å². The largest absolute Gasteiger partial charge is 0.481 e. The van der Waals surface area contributed by atoms with E-state index in [9.17, 15) is 13.2 Å². The van der Waals surface area contributed by atoms with Crippen LogP contribution in [-0.2, 0) is 14.8 Å². The van der Waals surface area contributed by atoms with Gasteiger partial charge in [0.2, 0.25) is 10.0 Å². The van der Waals surface area contributed by atoms with Crippen LogP contribution in [0.5, 0.6) is 0 Å².